The Morgan fingerprint density at radius 2 is 1.92 bits per heavy atom. The Hall–Kier alpha value is -0.120. The molecule has 78 valence electrons. The molecule has 3 heteroatoms. The molecule has 0 atom stereocenters. The monoisotopic (exact) mass is 187 g/mol. The molecule has 1 saturated carbocycles. The maximum absolute atomic E-state index is 9.55. The van der Waals surface area contributed by atoms with E-state index in [1.165, 1.54) is 0 Å². The van der Waals surface area contributed by atoms with Crippen molar-refractivity contribution in [2.75, 3.05) is 20.1 Å². The van der Waals surface area contributed by atoms with Gasteiger partial charge in [0.05, 0.1) is 11.7 Å². The number of rotatable bonds is 4. The van der Waals surface area contributed by atoms with Crippen LogP contribution in [0.25, 0.3) is 0 Å². The molecule has 0 heterocycles. The smallest absolute Gasteiger partial charge is 0.0718 e. The van der Waals surface area contributed by atoms with Gasteiger partial charge in [-0.25, -0.2) is 0 Å². The van der Waals surface area contributed by atoms with Crippen LogP contribution >= 0.6 is 0 Å². The van der Waals surface area contributed by atoms with Gasteiger partial charge in [-0.2, -0.15) is 0 Å². The van der Waals surface area contributed by atoms with Crippen LogP contribution in [0.3, 0.4) is 0 Å². The molecular formula is C10H21NO2. The van der Waals surface area contributed by atoms with Crippen molar-refractivity contribution in [3.8, 4) is 0 Å². The van der Waals surface area contributed by atoms with Crippen molar-refractivity contribution < 1.29 is 10.2 Å². The second-order valence-corrected chi connectivity index (χ2v) is 5.00. The van der Waals surface area contributed by atoms with Gasteiger partial charge in [-0.1, -0.05) is 0 Å². The zero-order valence-electron chi connectivity index (χ0n) is 8.82. The fourth-order valence-corrected chi connectivity index (χ4v) is 2.02. The van der Waals surface area contributed by atoms with Gasteiger partial charge in [0.1, 0.15) is 0 Å². The van der Waals surface area contributed by atoms with Crippen molar-refractivity contribution in [2.45, 2.75) is 38.4 Å². The molecule has 0 unspecified atom stereocenters. The normalized spacial score (nSPS) is 29.1. The molecule has 1 rings (SSSR count). The van der Waals surface area contributed by atoms with Crippen LogP contribution in [0.1, 0.15) is 26.7 Å². The summed E-state index contributed by atoms with van der Waals surface area (Å²) in [7, 11) is 2.02. The first-order valence-electron chi connectivity index (χ1n) is 4.96. The van der Waals surface area contributed by atoms with Crippen LogP contribution in [0.5, 0.6) is 0 Å². The Morgan fingerprint density at radius 3 is 2.31 bits per heavy atom. The minimum Gasteiger partial charge on any atom is -0.393 e. The standard InChI is InChI=1S/C10H21NO2/c1-10(2,13)7-11(3)6-8-4-9(12)5-8/h8-9,12-13H,4-7H2,1-3H3. The maximum atomic E-state index is 9.55. The summed E-state index contributed by atoms with van der Waals surface area (Å²) in [4.78, 5) is 2.14. The predicted octanol–water partition coefficient (Wildman–Crippen LogP) is 0.460. The summed E-state index contributed by atoms with van der Waals surface area (Å²) >= 11 is 0. The highest BCUT2D eigenvalue weighted by molar-refractivity contribution is 4.81. The fraction of sp³-hybridized carbons (Fsp3) is 1.00. The summed E-state index contributed by atoms with van der Waals surface area (Å²) in [5.41, 5.74) is -0.614. The molecule has 0 aliphatic heterocycles. The first-order chi connectivity index (χ1) is 5.87. The lowest BCUT2D eigenvalue weighted by Gasteiger charge is -2.36. The Morgan fingerprint density at radius 1 is 1.38 bits per heavy atom. The highest BCUT2D eigenvalue weighted by Gasteiger charge is 2.28. The van der Waals surface area contributed by atoms with Crippen molar-refractivity contribution in [2.24, 2.45) is 5.92 Å². The molecule has 0 saturated heterocycles. The Bertz CT molecular complexity index is 159. The predicted molar refractivity (Wildman–Crippen MR) is 52.5 cm³/mol. The topological polar surface area (TPSA) is 43.7 Å². The summed E-state index contributed by atoms with van der Waals surface area (Å²) in [6.07, 6.45) is 1.78. The van der Waals surface area contributed by atoms with E-state index in [-0.39, 0.29) is 6.10 Å². The van der Waals surface area contributed by atoms with Crippen LogP contribution in [0.15, 0.2) is 0 Å². The number of aliphatic hydroxyl groups is 2. The van der Waals surface area contributed by atoms with Gasteiger partial charge in [0.2, 0.25) is 0 Å². The molecule has 1 fully saturated rings. The van der Waals surface area contributed by atoms with E-state index in [9.17, 15) is 5.11 Å². The van der Waals surface area contributed by atoms with Crippen LogP contribution < -0.4 is 0 Å². The number of aliphatic hydroxyl groups excluding tert-OH is 1. The summed E-state index contributed by atoms with van der Waals surface area (Å²) in [6, 6.07) is 0. The van der Waals surface area contributed by atoms with Crippen LogP contribution in [-0.4, -0.2) is 47.0 Å². The lowest BCUT2D eigenvalue weighted by molar-refractivity contribution is 0.00473. The molecule has 2 N–H and O–H groups in total. The van der Waals surface area contributed by atoms with E-state index in [0.717, 1.165) is 19.4 Å². The van der Waals surface area contributed by atoms with E-state index in [4.69, 9.17) is 5.11 Å². The largest absolute Gasteiger partial charge is 0.393 e. The third kappa shape index (κ3) is 4.07. The van der Waals surface area contributed by atoms with Crippen LogP contribution in [0.2, 0.25) is 0 Å². The van der Waals surface area contributed by atoms with Crippen molar-refractivity contribution in [3.63, 3.8) is 0 Å². The first-order valence-corrected chi connectivity index (χ1v) is 4.96. The van der Waals surface area contributed by atoms with Gasteiger partial charge in [-0.05, 0) is 39.7 Å². The van der Waals surface area contributed by atoms with Crippen molar-refractivity contribution in [1.29, 1.82) is 0 Å². The number of hydrogen-bond donors (Lipinski definition) is 2. The van der Waals surface area contributed by atoms with E-state index >= 15 is 0 Å². The summed E-state index contributed by atoms with van der Waals surface area (Å²) < 4.78 is 0. The molecule has 3 nitrogen and oxygen atoms in total. The first kappa shape index (κ1) is 11.0. The number of likely N-dealkylation sites (N-methyl/N-ethyl adjacent to an activating group) is 1. The second-order valence-electron chi connectivity index (χ2n) is 5.00. The quantitative estimate of drug-likeness (QED) is 0.672. The van der Waals surface area contributed by atoms with Crippen LogP contribution in [0, 0.1) is 5.92 Å². The third-order valence-corrected chi connectivity index (χ3v) is 2.44. The summed E-state index contributed by atoms with van der Waals surface area (Å²) in [6.45, 7) is 5.32. The minimum atomic E-state index is -0.614. The maximum Gasteiger partial charge on any atom is 0.0718 e. The summed E-state index contributed by atoms with van der Waals surface area (Å²) in [5, 5.41) is 18.6. The molecule has 0 radical (unpaired) electrons. The molecule has 1 aliphatic rings. The Balaban J connectivity index is 2.15. The van der Waals surface area contributed by atoms with Crippen LogP contribution in [-0.2, 0) is 0 Å². The van der Waals surface area contributed by atoms with Crippen LogP contribution in [0.4, 0.5) is 0 Å². The van der Waals surface area contributed by atoms with Gasteiger partial charge in [-0.3, -0.25) is 0 Å². The molecular weight excluding hydrogens is 166 g/mol. The van der Waals surface area contributed by atoms with E-state index < -0.39 is 5.60 Å². The van der Waals surface area contributed by atoms with E-state index in [2.05, 4.69) is 4.90 Å². The van der Waals surface area contributed by atoms with E-state index in [1.807, 2.05) is 20.9 Å². The molecule has 0 spiro atoms. The number of hydrogen-bond acceptors (Lipinski definition) is 3. The van der Waals surface area contributed by atoms with E-state index in [1.54, 1.807) is 0 Å². The minimum absolute atomic E-state index is 0.0689. The highest BCUT2D eigenvalue weighted by atomic mass is 16.3. The molecule has 0 amide bonds. The molecule has 0 aromatic carbocycles. The molecule has 0 aromatic heterocycles. The lowest BCUT2D eigenvalue weighted by atomic mass is 9.82. The van der Waals surface area contributed by atoms with Gasteiger partial charge >= 0.3 is 0 Å². The average molecular weight is 187 g/mol. The van der Waals surface area contributed by atoms with Crippen molar-refractivity contribution in [1.82, 2.24) is 4.90 Å². The molecule has 0 bridgehead atoms. The van der Waals surface area contributed by atoms with Crippen molar-refractivity contribution >= 4 is 0 Å². The van der Waals surface area contributed by atoms with Gasteiger partial charge in [-0.15, -0.1) is 0 Å². The summed E-state index contributed by atoms with van der Waals surface area (Å²) in [5.74, 6) is 0.627. The molecule has 0 aromatic rings. The van der Waals surface area contributed by atoms with Gasteiger partial charge < -0.3 is 15.1 Å². The molecule has 13 heavy (non-hydrogen) atoms. The zero-order valence-corrected chi connectivity index (χ0v) is 8.82. The lowest BCUT2D eigenvalue weighted by Crippen LogP contribution is -2.42. The van der Waals surface area contributed by atoms with Gasteiger partial charge in [0.25, 0.3) is 0 Å². The molecule has 1 aliphatic carbocycles. The van der Waals surface area contributed by atoms with E-state index in [0.29, 0.717) is 12.5 Å². The Kier molecular flexibility index (Phi) is 3.33. The Labute approximate surface area is 80.4 Å². The highest BCUT2D eigenvalue weighted by Crippen LogP contribution is 2.27. The SMILES string of the molecule is CN(CC1CC(O)C1)CC(C)(C)O. The number of nitrogens with zero attached hydrogens (tertiary/aromatic N) is 1. The van der Waals surface area contributed by atoms with Gasteiger partial charge in [0.15, 0.2) is 0 Å². The van der Waals surface area contributed by atoms with Gasteiger partial charge in [0, 0.05) is 13.1 Å². The fourth-order valence-electron chi connectivity index (χ4n) is 2.02. The third-order valence-electron chi connectivity index (χ3n) is 2.44. The zero-order chi connectivity index (χ0) is 10.1. The average Bonchev–Trinajstić information content (AvgIpc) is 1.79. The second kappa shape index (κ2) is 3.95. The van der Waals surface area contributed by atoms with Crippen molar-refractivity contribution in [3.05, 3.63) is 0 Å².